The van der Waals surface area contributed by atoms with Gasteiger partial charge in [-0.25, -0.2) is 0 Å². The molecule has 1 aromatic carbocycles. The van der Waals surface area contributed by atoms with E-state index in [2.05, 4.69) is 17.9 Å². The highest BCUT2D eigenvalue weighted by atomic mass is 16.5. The standard InChI is InChI=1S/C11H13NO/c1-3-11-12(4-2)9-7-5-6-8-10(9)13-11/h3,5-8H,4H2,1-2H3. The predicted octanol–water partition coefficient (Wildman–Crippen LogP) is 2.77. The van der Waals surface area contributed by atoms with Crippen molar-refractivity contribution < 1.29 is 4.74 Å². The van der Waals surface area contributed by atoms with Crippen LogP contribution in [0.15, 0.2) is 36.2 Å². The lowest BCUT2D eigenvalue weighted by Gasteiger charge is -2.14. The summed E-state index contributed by atoms with van der Waals surface area (Å²) in [5.41, 5.74) is 1.16. The summed E-state index contributed by atoms with van der Waals surface area (Å²) in [5, 5.41) is 0. The number of allylic oxidation sites excluding steroid dienone is 1. The largest absolute Gasteiger partial charge is 0.439 e. The van der Waals surface area contributed by atoms with E-state index in [1.54, 1.807) is 0 Å². The van der Waals surface area contributed by atoms with E-state index in [1.807, 2.05) is 31.2 Å². The monoisotopic (exact) mass is 175 g/mol. The van der Waals surface area contributed by atoms with E-state index in [9.17, 15) is 0 Å². The van der Waals surface area contributed by atoms with Crippen LogP contribution in [-0.4, -0.2) is 6.54 Å². The Kier molecular flexibility index (Phi) is 1.97. The Bertz CT molecular complexity index is 344. The molecule has 13 heavy (non-hydrogen) atoms. The molecule has 0 unspecified atom stereocenters. The first-order valence-corrected chi connectivity index (χ1v) is 4.57. The normalized spacial score (nSPS) is 17.4. The molecule has 2 nitrogen and oxygen atoms in total. The Morgan fingerprint density at radius 1 is 1.38 bits per heavy atom. The number of rotatable bonds is 1. The van der Waals surface area contributed by atoms with Gasteiger partial charge in [0.2, 0.25) is 0 Å². The number of hydrogen-bond donors (Lipinski definition) is 0. The van der Waals surface area contributed by atoms with Gasteiger partial charge in [0.1, 0.15) is 0 Å². The molecule has 0 radical (unpaired) electrons. The molecule has 0 aromatic heterocycles. The van der Waals surface area contributed by atoms with Gasteiger partial charge in [0, 0.05) is 6.54 Å². The zero-order valence-corrected chi connectivity index (χ0v) is 7.95. The number of ether oxygens (including phenoxy) is 1. The molecular formula is C11H13NO. The van der Waals surface area contributed by atoms with Crippen molar-refractivity contribution in [2.24, 2.45) is 0 Å². The molecule has 0 aliphatic carbocycles. The number of para-hydroxylation sites is 2. The zero-order valence-electron chi connectivity index (χ0n) is 7.95. The van der Waals surface area contributed by atoms with Crippen LogP contribution >= 0.6 is 0 Å². The molecule has 1 heterocycles. The van der Waals surface area contributed by atoms with Gasteiger partial charge in [0.05, 0.1) is 5.69 Å². The second-order valence-corrected chi connectivity index (χ2v) is 2.94. The van der Waals surface area contributed by atoms with Gasteiger partial charge in [-0.15, -0.1) is 0 Å². The molecule has 0 fully saturated rings. The molecule has 2 rings (SSSR count). The van der Waals surface area contributed by atoms with E-state index in [0.29, 0.717) is 0 Å². The van der Waals surface area contributed by atoms with Crippen molar-refractivity contribution in [1.29, 1.82) is 0 Å². The average Bonchev–Trinajstić information content (AvgIpc) is 2.55. The number of benzene rings is 1. The van der Waals surface area contributed by atoms with Gasteiger partial charge >= 0.3 is 0 Å². The molecule has 0 spiro atoms. The van der Waals surface area contributed by atoms with Gasteiger partial charge in [-0.3, -0.25) is 0 Å². The van der Waals surface area contributed by atoms with Crippen LogP contribution < -0.4 is 9.64 Å². The molecular weight excluding hydrogens is 162 g/mol. The van der Waals surface area contributed by atoms with Crippen LogP contribution in [0.4, 0.5) is 5.69 Å². The minimum absolute atomic E-state index is 0.934. The van der Waals surface area contributed by atoms with Gasteiger partial charge < -0.3 is 9.64 Å². The van der Waals surface area contributed by atoms with Crippen molar-refractivity contribution in [3.8, 4) is 5.75 Å². The summed E-state index contributed by atoms with van der Waals surface area (Å²) >= 11 is 0. The summed E-state index contributed by atoms with van der Waals surface area (Å²) in [4.78, 5) is 2.16. The second-order valence-electron chi connectivity index (χ2n) is 2.94. The summed E-state index contributed by atoms with van der Waals surface area (Å²) in [5.74, 6) is 1.89. The van der Waals surface area contributed by atoms with Crippen LogP contribution in [0.1, 0.15) is 13.8 Å². The fourth-order valence-corrected chi connectivity index (χ4v) is 1.59. The molecule has 0 atom stereocenters. The topological polar surface area (TPSA) is 12.5 Å². The zero-order chi connectivity index (χ0) is 9.26. The molecule has 0 amide bonds. The van der Waals surface area contributed by atoms with E-state index in [1.165, 1.54) is 0 Å². The molecule has 1 aromatic rings. The fraction of sp³-hybridized carbons (Fsp3) is 0.273. The molecule has 0 N–H and O–H groups in total. The van der Waals surface area contributed by atoms with E-state index >= 15 is 0 Å². The summed E-state index contributed by atoms with van der Waals surface area (Å²) in [6.07, 6.45) is 1.99. The van der Waals surface area contributed by atoms with Gasteiger partial charge in [-0.2, -0.15) is 0 Å². The summed E-state index contributed by atoms with van der Waals surface area (Å²) in [7, 11) is 0. The lowest BCUT2D eigenvalue weighted by molar-refractivity contribution is 0.438. The van der Waals surface area contributed by atoms with Crippen LogP contribution in [0, 0.1) is 0 Å². The first-order valence-electron chi connectivity index (χ1n) is 4.57. The Balaban J connectivity index is 2.46. The third-order valence-corrected chi connectivity index (χ3v) is 2.20. The lowest BCUT2D eigenvalue weighted by atomic mass is 10.3. The minimum atomic E-state index is 0.934. The van der Waals surface area contributed by atoms with Crippen LogP contribution in [0.2, 0.25) is 0 Å². The summed E-state index contributed by atoms with van der Waals surface area (Å²) in [6, 6.07) is 8.10. The van der Waals surface area contributed by atoms with Gasteiger partial charge in [-0.1, -0.05) is 12.1 Å². The highest BCUT2D eigenvalue weighted by molar-refractivity contribution is 5.66. The Morgan fingerprint density at radius 2 is 2.15 bits per heavy atom. The van der Waals surface area contributed by atoms with Crippen molar-refractivity contribution in [3.63, 3.8) is 0 Å². The Labute approximate surface area is 78.4 Å². The number of nitrogens with zero attached hydrogens (tertiary/aromatic N) is 1. The van der Waals surface area contributed by atoms with Crippen molar-refractivity contribution in [2.75, 3.05) is 11.4 Å². The van der Waals surface area contributed by atoms with E-state index in [4.69, 9.17) is 4.74 Å². The van der Waals surface area contributed by atoms with Crippen LogP contribution in [0.3, 0.4) is 0 Å². The van der Waals surface area contributed by atoms with Crippen molar-refractivity contribution >= 4 is 5.69 Å². The lowest BCUT2D eigenvalue weighted by Crippen LogP contribution is -2.18. The quantitative estimate of drug-likeness (QED) is 0.650. The second kappa shape index (κ2) is 3.13. The predicted molar refractivity (Wildman–Crippen MR) is 53.8 cm³/mol. The minimum Gasteiger partial charge on any atom is -0.439 e. The smallest absolute Gasteiger partial charge is 0.196 e. The number of anilines is 1. The van der Waals surface area contributed by atoms with E-state index < -0.39 is 0 Å². The van der Waals surface area contributed by atoms with E-state index in [0.717, 1.165) is 23.9 Å². The van der Waals surface area contributed by atoms with Gasteiger partial charge in [0.25, 0.3) is 0 Å². The van der Waals surface area contributed by atoms with E-state index in [-0.39, 0.29) is 0 Å². The summed E-state index contributed by atoms with van der Waals surface area (Å²) in [6.45, 7) is 5.05. The summed E-state index contributed by atoms with van der Waals surface area (Å²) < 4.78 is 5.65. The molecule has 68 valence electrons. The third kappa shape index (κ3) is 1.18. The molecule has 1 aliphatic heterocycles. The van der Waals surface area contributed by atoms with Crippen LogP contribution in [-0.2, 0) is 0 Å². The number of hydrogen-bond acceptors (Lipinski definition) is 2. The first-order chi connectivity index (χ1) is 6.36. The maximum absolute atomic E-state index is 5.65. The first kappa shape index (κ1) is 8.17. The molecule has 0 saturated carbocycles. The highest BCUT2D eigenvalue weighted by Crippen LogP contribution is 2.37. The third-order valence-electron chi connectivity index (χ3n) is 2.20. The van der Waals surface area contributed by atoms with Gasteiger partial charge in [-0.05, 0) is 32.1 Å². The van der Waals surface area contributed by atoms with Crippen molar-refractivity contribution in [2.45, 2.75) is 13.8 Å². The van der Waals surface area contributed by atoms with Crippen molar-refractivity contribution in [1.82, 2.24) is 0 Å². The molecule has 1 aliphatic rings. The molecule has 0 saturated heterocycles. The van der Waals surface area contributed by atoms with Crippen LogP contribution in [0.25, 0.3) is 0 Å². The average molecular weight is 175 g/mol. The highest BCUT2D eigenvalue weighted by Gasteiger charge is 2.22. The SMILES string of the molecule is CC=C1Oc2ccccc2N1CC. The maximum atomic E-state index is 5.65. The van der Waals surface area contributed by atoms with Crippen LogP contribution in [0.5, 0.6) is 5.75 Å². The molecule has 0 bridgehead atoms. The Hall–Kier alpha value is -1.44. The maximum Gasteiger partial charge on any atom is 0.196 e. The Morgan fingerprint density at radius 3 is 2.85 bits per heavy atom. The number of fused-ring (bicyclic) bond motifs is 1. The van der Waals surface area contributed by atoms with Crippen molar-refractivity contribution in [3.05, 3.63) is 36.2 Å². The van der Waals surface area contributed by atoms with Gasteiger partial charge in [0.15, 0.2) is 11.6 Å². The fourth-order valence-electron chi connectivity index (χ4n) is 1.59. The molecule has 2 heteroatoms.